The highest BCUT2D eigenvalue weighted by Gasteiger charge is 2.50. The highest BCUT2D eigenvalue weighted by atomic mass is 16.2. The summed E-state index contributed by atoms with van der Waals surface area (Å²) in [5.41, 5.74) is -0.247. The molecule has 2 heteroatoms. The summed E-state index contributed by atoms with van der Waals surface area (Å²) in [5.74, 6) is 2.59. The minimum Gasteiger partial charge on any atom is -0.352 e. The van der Waals surface area contributed by atoms with Gasteiger partial charge < -0.3 is 5.32 Å². The van der Waals surface area contributed by atoms with E-state index in [9.17, 15) is 4.79 Å². The quantitative estimate of drug-likeness (QED) is 0.706. The summed E-state index contributed by atoms with van der Waals surface area (Å²) in [6, 6.07) is 0.462. The van der Waals surface area contributed by atoms with E-state index < -0.39 is 0 Å². The third-order valence-electron chi connectivity index (χ3n) is 4.31. The average molecular weight is 209 g/mol. The van der Waals surface area contributed by atoms with E-state index in [4.69, 9.17) is 0 Å². The fourth-order valence-corrected chi connectivity index (χ4v) is 3.23. The first-order valence-electron chi connectivity index (χ1n) is 6.22. The van der Waals surface area contributed by atoms with E-state index in [0.29, 0.717) is 12.0 Å². The Morgan fingerprint density at radius 1 is 1.20 bits per heavy atom. The van der Waals surface area contributed by atoms with E-state index in [1.165, 1.54) is 19.3 Å². The summed E-state index contributed by atoms with van der Waals surface area (Å²) in [5, 5.41) is 3.24. The fraction of sp³-hybridized carbons (Fsp3) is 0.923. The molecule has 0 aromatic rings. The molecule has 2 nitrogen and oxygen atoms in total. The van der Waals surface area contributed by atoms with Crippen LogP contribution < -0.4 is 5.32 Å². The van der Waals surface area contributed by atoms with Crippen LogP contribution >= 0.6 is 0 Å². The number of nitrogens with one attached hydrogen (secondary N) is 1. The summed E-state index contributed by atoms with van der Waals surface area (Å²) < 4.78 is 0. The van der Waals surface area contributed by atoms with Gasteiger partial charge >= 0.3 is 0 Å². The van der Waals surface area contributed by atoms with E-state index in [-0.39, 0.29) is 11.3 Å². The second-order valence-corrected chi connectivity index (χ2v) is 6.37. The number of fused-ring (bicyclic) bond motifs is 1. The molecule has 0 aliphatic heterocycles. The Balaban J connectivity index is 1.94. The molecule has 1 N–H and O–H groups in total. The second kappa shape index (κ2) is 3.50. The SMILES string of the molecule is CC1C2CCCC2C1NC(=O)C(C)(C)C. The highest BCUT2D eigenvalue weighted by molar-refractivity contribution is 5.81. The summed E-state index contributed by atoms with van der Waals surface area (Å²) in [7, 11) is 0. The van der Waals surface area contributed by atoms with Crippen molar-refractivity contribution in [2.24, 2.45) is 23.2 Å². The second-order valence-electron chi connectivity index (χ2n) is 6.37. The molecule has 4 atom stereocenters. The van der Waals surface area contributed by atoms with Crippen molar-refractivity contribution in [3.63, 3.8) is 0 Å². The Morgan fingerprint density at radius 2 is 1.80 bits per heavy atom. The van der Waals surface area contributed by atoms with Crippen molar-refractivity contribution in [3.05, 3.63) is 0 Å². The average Bonchev–Trinajstić information content (AvgIpc) is 2.56. The van der Waals surface area contributed by atoms with Gasteiger partial charge in [0.2, 0.25) is 5.91 Å². The molecule has 2 aliphatic rings. The third kappa shape index (κ3) is 1.79. The molecule has 2 fully saturated rings. The van der Waals surface area contributed by atoms with Gasteiger partial charge in [0.25, 0.3) is 0 Å². The first-order valence-corrected chi connectivity index (χ1v) is 6.22. The van der Waals surface area contributed by atoms with Crippen LogP contribution in [0.2, 0.25) is 0 Å². The largest absolute Gasteiger partial charge is 0.352 e. The van der Waals surface area contributed by atoms with Crippen molar-refractivity contribution >= 4 is 5.91 Å². The van der Waals surface area contributed by atoms with Crippen molar-refractivity contribution in [1.82, 2.24) is 5.32 Å². The molecule has 15 heavy (non-hydrogen) atoms. The number of rotatable bonds is 1. The van der Waals surface area contributed by atoms with E-state index in [1.807, 2.05) is 20.8 Å². The van der Waals surface area contributed by atoms with Gasteiger partial charge in [-0.15, -0.1) is 0 Å². The van der Waals surface area contributed by atoms with Crippen LogP contribution in [0.3, 0.4) is 0 Å². The minimum atomic E-state index is -0.247. The van der Waals surface area contributed by atoms with Gasteiger partial charge in [0.15, 0.2) is 0 Å². The lowest BCUT2D eigenvalue weighted by Crippen LogP contribution is -2.58. The summed E-state index contributed by atoms with van der Waals surface area (Å²) in [6.07, 6.45) is 4.07. The normalized spacial score (nSPS) is 39.5. The van der Waals surface area contributed by atoms with Crippen molar-refractivity contribution in [3.8, 4) is 0 Å². The van der Waals surface area contributed by atoms with Crippen LogP contribution in [-0.2, 0) is 4.79 Å². The molecule has 2 saturated carbocycles. The molecule has 2 rings (SSSR count). The summed E-state index contributed by atoms with van der Waals surface area (Å²) in [4.78, 5) is 11.9. The van der Waals surface area contributed by atoms with Gasteiger partial charge in [-0.25, -0.2) is 0 Å². The Kier molecular flexibility index (Phi) is 2.56. The van der Waals surface area contributed by atoms with Crippen LogP contribution in [-0.4, -0.2) is 11.9 Å². The standard InChI is InChI=1S/C13H23NO/c1-8-9-6-5-7-10(9)11(8)14-12(15)13(2,3)4/h8-11H,5-7H2,1-4H3,(H,14,15). The zero-order valence-electron chi connectivity index (χ0n) is 10.3. The van der Waals surface area contributed by atoms with Crippen molar-refractivity contribution in [2.45, 2.75) is 53.0 Å². The third-order valence-corrected chi connectivity index (χ3v) is 4.31. The molecule has 4 unspecified atom stereocenters. The lowest BCUT2D eigenvalue weighted by Gasteiger charge is -2.48. The molecule has 0 aromatic carbocycles. The number of carbonyl (C=O) groups excluding carboxylic acids is 1. The van der Waals surface area contributed by atoms with E-state index in [2.05, 4.69) is 12.2 Å². The lowest BCUT2D eigenvalue weighted by molar-refractivity contribution is -0.132. The molecular weight excluding hydrogens is 186 g/mol. The van der Waals surface area contributed by atoms with Gasteiger partial charge in [0.1, 0.15) is 0 Å². The smallest absolute Gasteiger partial charge is 0.225 e. The predicted molar refractivity (Wildman–Crippen MR) is 61.4 cm³/mol. The van der Waals surface area contributed by atoms with E-state index >= 15 is 0 Å². The first-order chi connectivity index (χ1) is 6.91. The molecule has 0 heterocycles. The molecule has 0 saturated heterocycles. The van der Waals surface area contributed by atoms with Crippen LogP contribution in [0.1, 0.15) is 47.0 Å². The molecule has 2 aliphatic carbocycles. The maximum atomic E-state index is 11.9. The van der Waals surface area contributed by atoms with Gasteiger partial charge in [-0.2, -0.15) is 0 Å². The molecule has 0 spiro atoms. The predicted octanol–water partition coefficient (Wildman–Crippen LogP) is 2.58. The van der Waals surface area contributed by atoms with E-state index in [0.717, 1.165) is 11.8 Å². The molecule has 0 radical (unpaired) electrons. The summed E-state index contributed by atoms with van der Waals surface area (Å²) >= 11 is 0. The Labute approximate surface area is 92.8 Å². The number of hydrogen-bond donors (Lipinski definition) is 1. The molecule has 1 amide bonds. The van der Waals surface area contributed by atoms with Crippen LogP contribution in [0.4, 0.5) is 0 Å². The van der Waals surface area contributed by atoms with Gasteiger partial charge in [-0.3, -0.25) is 4.79 Å². The molecule has 0 aromatic heterocycles. The molecular formula is C13H23NO. The van der Waals surface area contributed by atoms with Gasteiger partial charge in [0, 0.05) is 11.5 Å². The Hall–Kier alpha value is -0.530. The van der Waals surface area contributed by atoms with Gasteiger partial charge in [-0.05, 0) is 30.6 Å². The molecule has 86 valence electrons. The zero-order valence-corrected chi connectivity index (χ0v) is 10.3. The number of amides is 1. The summed E-state index contributed by atoms with van der Waals surface area (Å²) in [6.45, 7) is 8.24. The maximum Gasteiger partial charge on any atom is 0.225 e. The van der Waals surface area contributed by atoms with Crippen LogP contribution in [0.5, 0.6) is 0 Å². The van der Waals surface area contributed by atoms with Gasteiger partial charge in [-0.1, -0.05) is 34.1 Å². The monoisotopic (exact) mass is 209 g/mol. The van der Waals surface area contributed by atoms with E-state index in [1.54, 1.807) is 0 Å². The van der Waals surface area contributed by atoms with Gasteiger partial charge in [0.05, 0.1) is 0 Å². The van der Waals surface area contributed by atoms with Crippen molar-refractivity contribution in [2.75, 3.05) is 0 Å². The zero-order chi connectivity index (χ0) is 11.2. The van der Waals surface area contributed by atoms with Crippen LogP contribution in [0.25, 0.3) is 0 Å². The van der Waals surface area contributed by atoms with Crippen molar-refractivity contribution < 1.29 is 4.79 Å². The highest BCUT2D eigenvalue weighted by Crippen LogP contribution is 2.51. The number of carbonyl (C=O) groups is 1. The lowest BCUT2D eigenvalue weighted by atomic mass is 9.63. The number of hydrogen-bond acceptors (Lipinski definition) is 1. The van der Waals surface area contributed by atoms with Crippen LogP contribution in [0.15, 0.2) is 0 Å². The molecule has 0 bridgehead atoms. The Bertz CT molecular complexity index is 266. The fourth-order valence-electron chi connectivity index (χ4n) is 3.23. The Morgan fingerprint density at radius 3 is 2.40 bits per heavy atom. The van der Waals surface area contributed by atoms with Crippen molar-refractivity contribution in [1.29, 1.82) is 0 Å². The first kappa shape index (κ1) is 11.0. The van der Waals surface area contributed by atoms with Crippen LogP contribution in [0, 0.1) is 23.2 Å². The minimum absolute atomic E-state index is 0.213. The topological polar surface area (TPSA) is 29.1 Å². The maximum absolute atomic E-state index is 11.9.